The Morgan fingerprint density at radius 1 is 0.968 bits per heavy atom. The van der Waals surface area contributed by atoms with Gasteiger partial charge in [0.2, 0.25) is 0 Å². The minimum absolute atomic E-state index is 0.236. The second-order valence-corrected chi connectivity index (χ2v) is 9.24. The second kappa shape index (κ2) is 7.41. The molecule has 2 aliphatic rings. The third-order valence-electron chi connectivity index (χ3n) is 7.39. The summed E-state index contributed by atoms with van der Waals surface area (Å²) >= 11 is 0. The van der Waals surface area contributed by atoms with Crippen molar-refractivity contribution in [1.82, 2.24) is 14.4 Å². The Balaban J connectivity index is 1.27. The molecule has 1 N–H and O–H groups in total. The van der Waals surface area contributed by atoms with Gasteiger partial charge in [0, 0.05) is 23.3 Å². The molecule has 158 valence electrons. The van der Waals surface area contributed by atoms with Crippen molar-refractivity contribution in [1.29, 1.82) is 0 Å². The van der Waals surface area contributed by atoms with E-state index in [-0.39, 0.29) is 11.7 Å². The second-order valence-electron chi connectivity index (χ2n) is 9.24. The molecule has 1 atom stereocenters. The van der Waals surface area contributed by atoms with E-state index >= 15 is 0 Å². The van der Waals surface area contributed by atoms with E-state index in [0.717, 1.165) is 42.1 Å². The van der Waals surface area contributed by atoms with Gasteiger partial charge in [0.15, 0.2) is 0 Å². The van der Waals surface area contributed by atoms with E-state index in [9.17, 15) is 9.50 Å². The van der Waals surface area contributed by atoms with Crippen LogP contribution in [0.25, 0.3) is 16.4 Å². The standard InChI is InChI=1S/C26H26FN3O/c27-22-10-9-19(21-2-1-12-29-25(21)22)16-5-7-18(8-6-16)26(31)24-20(17-3-4-17)11-13-30-15-28-14-23(24)30/h1-2,9-18,26,31H,3-8H2/t16-,18-,26-/m0/s1. The van der Waals surface area contributed by atoms with Crippen LogP contribution in [0.4, 0.5) is 4.39 Å². The van der Waals surface area contributed by atoms with Crippen LogP contribution in [0.1, 0.15) is 73.2 Å². The van der Waals surface area contributed by atoms with Gasteiger partial charge in [-0.15, -0.1) is 0 Å². The minimum atomic E-state index is -0.469. The van der Waals surface area contributed by atoms with Crippen LogP contribution in [0.15, 0.2) is 55.2 Å². The normalized spacial score (nSPS) is 22.8. The van der Waals surface area contributed by atoms with E-state index in [4.69, 9.17) is 0 Å². The van der Waals surface area contributed by atoms with Gasteiger partial charge in [0.05, 0.1) is 24.1 Å². The summed E-state index contributed by atoms with van der Waals surface area (Å²) in [5.41, 5.74) is 5.08. The van der Waals surface area contributed by atoms with Crippen molar-refractivity contribution in [3.05, 3.63) is 77.8 Å². The highest BCUT2D eigenvalue weighted by atomic mass is 19.1. The van der Waals surface area contributed by atoms with Crippen molar-refractivity contribution in [2.75, 3.05) is 0 Å². The molecule has 3 heterocycles. The summed E-state index contributed by atoms with van der Waals surface area (Å²) in [6, 6.07) is 9.51. The van der Waals surface area contributed by atoms with E-state index in [1.54, 1.807) is 12.3 Å². The van der Waals surface area contributed by atoms with Gasteiger partial charge in [-0.1, -0.05) is 12.1 Å². The fourth-order valence-corrected chi connectivity index (χ4v) is 5.60. The molecule has 6 rings (SSSR count). The Kier molecular flexibility index (Phi) is 4.53. The van der Waals surface area contributed by atoms with Crippen LogP contribution >= 0.6 is 0 Å². The molecule has 1 aromatic carbocycles. The monoisotopic (exact) mass is 415 g/mol. The fraction of sp³-hybridized carbons (Fsp3) is 0.385. The van der Waals surface area contributed by atoms with Crippen LogP contribution < -0.4 is 0 Å². The van der Waals surface area contributed by atoms with Gasteiger partial charge in [-0.3, -0.25) is 4.98 Å². The zero-order valence-electron chi connectivity index (χ0n) is 17.4. The predicted octanol–water partition coefficient (Wildman–Crippen LogP) is 5.91. The predicted molar refractivity (Wildman–Crippen MR) is 119 cm³/mol. The first-order valence-electron chi connectivity index (χ1n) is 11.4. The molecule has 4 nitrogen and oxygen atoms in total. The van der Waals surface area contributed by atoms with Crippen LogP contribution in [-0.4, -0.2) is 19.5 Å². The molecular formula is C26H26FN3O. The van der Waals surface area contributed by atoms with Gasteiger partial charge in [-0.05, 0) is 85.6 Å². The van der Waals surface area contributed by atoms with E-state index < -0.39 is 6.10 Å². The van der Waals surface area contributed by atoms with Gasteiger partial charge >= 0.3 is 0 Å². The summed E-state index contributed by atoms with van der Waals surface area (Å²) < 4.78 is 16.2. The highest BCUT2D eigenvalue weighted by molar-refractivity contribution is 5.83. The summed E-state index contributed by atoms with van der Waals surface area (Å²) in [5, 5.41) is 12.4. The molecule has 5 heteroatoms. The van der Waals surface area contributed by atoms with Gasteiger partial charge in [-0.2, -0.15) is 0 Å². The molecule has 0 amide bonds. The lowest BCUT2D eigenvalue weighted by Crippen LogP contribution is -2.21. The maximum absolute atomic E-state index is 14.2. The maximum Gasteiger partial charge on any atom is 0.149 e. The molecule has 4 aromatic rings. The molecule has 0 aliphatic heterocycles. The summed E-state index contributed by atoms with van der Waals surface area (Å²) in [7, 11) is 0. The van der Waals surface area contributed by atoms with Crippen LogP contribution in [-0.2, 0) is 0 Å². The maximum atomic E-state index is 14.2. The Bertz CT molecular complexity index is 1250. The molecule has 0 bridgehead atoms. The Morgan fingerprint density at radius 3 is 2.55 bits per heavy atom. The lowest BCUT2D eigenvalue weighted by molar-refractivity contribution is 0.0811. The fourth-order valence-electron chi connectivity index (χ4n) is 5.60. The molecule has 0 saturated heterocycles. The largest absolute Gasteiger partial charge is 0.388 e. The van der Waals surface area contributed by atoms with Crippen molar-refractivity contribution >= 4 is 16.4 Å². The highest BCUT2D eigenvalue weighted by Crippen LogP contribution is 2.48. The summed E-state index contributed by atoms with van der Waals surface area (Å²) in [6.07, 6.45) is 13.3. The number of aliphatic hydroxyl groups excluding tert-OH is 1. The minimum Gasteiger partial charge on any atom is -0.388 e. The van der Waals surface area contributed by atoms with Crippen LogP contribution in [0.3, 0.4) is 0 Å². The van der Waals surface area contributed by atoms with Crippen molar-refractivity contribution in [2.45, 2.75) is 56.5 Å². The smallest absolute Gasteiger partial charge is 0.149 e. The molecule has 0 radical (unpaired) electrons. The number of halogens is 1. The first-order valence-corrected chi connectivity index (χ1v) is 11.4. The van der Waals surface area contributed by atoms with E-state index in [1.165, 1.54) is 24.0 Å². The molecular weight excluding hydrogens is 389 g/mol. The molecule has 2 fully saturated rings. The Hall–Kier alpha value is -2.79. The highest BCUT2D eigenvalue weighted by Gasteiger charge is 2.34. The van der Waals surface area contributed by atoms with Crippen LogP contribution in [0, 0.1) is 11.7 Å². The number of nitrogens with zero attached hydrogens (tertiary/aromatic N) is 3. The number of aromatic nitrogens is 3. The lowest BCUT2D eigenvalue weighted by Gasteiger charge is -2.33. The number of hydrogen-bond acceptors (Lipinski definition) is 3. The van der Waals surface area contributed by atoms with Crippen molar-refractivity contribution in [3.8, 4) is 0 Å². The number of pyridine rings is 2. The first kappa shape index (κ1) is 18.9. The summed E-state index contributed by atoms with van der Waals surface area (Å²) in [6.45, 7) is 0. The summed E-state index contributed by atoms with van der Waals surface area (Å²) in [5.74, 6) is 0.938. The van der Waals surface area contributed by atoms with Crippen LogP contribution in [0.5, 0.6) is 0 Å². The quantitative estimate of drug-likeness (QED) is 0.451. The zero-order valence-corrected chi connectivity index (χ0v) is 17.4. The average molecular weight is 416 g/mol. The summed E-state index contributed by atoms with van der Waals surface area (Å²) in [4.78, 5) is 8.57. The Labute approximate surface area is 180 Å². The SMILES string of the molecule is O[C@H](c1c(C2CC2)ccn2cncc12)[C@H]1CC[C@H](c2ccc(F)c3ncccc32)CC1. The number of aliphatic hydroxyl groups is 1. The average Bonchev–Trinajstić information content (AvgIpc) is 3.55. The molecule has 3 aromatic heterocycles. The van der Waals surface area contributed by atoms with E-state index in [2.05, 4.69) is 22.2 Å². The number of benzene rings is 1. The van der Waals surface area contributed by atoms with Gasteiger partial charge < -0.3 is 9.51 Å². The third-order valence-corrected chi connectivity index (χ3v) is 7.39. The van der Waals surface area contributed by atoms with Crippen molar-refractivity contribution in [2.24, 2.45) is 5.92 Å². The van der Waals surface area contributed by atoms with E-state index in [1.807, 2.05) is 35.1 Å². The van der Waals surface area contributed by atoms with Crippen molar-refractivity contribution < 1.29 is 9.50 Å². The van der Waals surface area contributed by atoms with Crippen molar-refractivity contribution in [3.63, 3.8) is 0 Å². The molecule has 31 heavy (non-hydrogen) atoms. The third kappa shape index (κ3) is 3.23. The zero-order chi connectivity index (χ0) is 20.9. The van der Waals surface area contributed by atoms with Gasteiger partial charge in [0.1, 0.15) is 11.3 Å². The number of imidazole rings is 1. The van der Waals surface area contributed by atoms with E-state index in [0.29, 0.717) is 17.4 Å². The van der Waals surface area contributed by atoms with Gasteiger partial charge in [-0.25, -0.2) is 9.37 Å². The number of hydrogen-bond donors (Lipinski definition) is 1. The molecule has 2 saturated carbocycles. The molecule has 2 aliphatic carbocycles. The van der Waals surface area contributed by atoms with Crippen LogP contribution in [0.2, 0.25) is 0 Å². The lowest BCUT2D eigenvalue weighted by atomic mass is 9.74. The van der Waals surface area contributed by atoms with Gasteiger partial charge in [0.25, 0.3) is 0 Å². The first-order chi connectivity index (χ1) is 15.2. The molecule has 0 spiro atoms. The number of fused-ring (bicyclic) bond motifs is 2. The molecule has 0 unspecified atom stereocenters. The number of rotatable bonds is 4. The Morgan fingerprint density at radius 2 is 1.74 bits per heavy atom. The topological polar surface area (TPSA) is 50.4 Å².